The van der Waals surface area contributed by atoms with Crippen molar-refractivity contribution in [3.05, 3.63) is 57.6 Å². The number of benzene rings is 1. The van der Waals surface area contributed by atoms with Crippen molar-refractivity contribution in [1.29, 1.82) is 0 Å². The Morgan fingerprint density at radius 3 is 2.74 bits per heavy atom. The largest absolute Gasteiger partial charge is 0.454 e. The summed E-state index contributed by atoms with van der Waals surface area (Å²) in [4.78, 5) is 17.6. The third kappa shape index (κ3) is 3.51. The number of aromatic nitrogens is 3. The number of nitrogens with one attached hydrogen (secondary N) is 1. The van der Waals surface area contributed by atoms with Crippen molar-refractivity contribution in [3.8, 4) is 22.1 Å². The molecular formula is C19H10BrF3N4O3S. The molecule has 0 saturated heterocycles. The minimum absolute atomic E-state index is 0.0506. The van der Waals surface area contributed by atoms with Crippen molar-refractivity contribution in [2.24, 2.45) is 0 Å². The van der Waals surface area contributed by atoms with Crippen molar-refractivity contribution in [2.45, 2.75) is 6.18 Å². The van der Waals surface area contributed by atoms with Gasteiger partial charge in [0.05, 0.1) is 15.0 Å². The topological polar surface area (TPSA) is 77.8 Å². The highest BCUT2D eigenvalue weighted by atomic mass is 79.9. The Hall–Kier alpha value is -3.12. The molecule has 0 spiro atoms. The molecule has 0 aliphatic carbocycles. The fourth-order valence-electron chi connectivity index (χ4n) is 3.05. The zero-order valence-corrected chi connectivity index (χ0v) is 17.6. The maximum atomic E-state index is 13.7. The Balaban J connectivity index is 1.58. The molecule has 0 atom stereocenters. The normalized spacial score (nSPS) is 13.0. The van der Waals surface area contributed by atoms with E-state index >= 15 is 0 Å². The summed E-state index contributed by atoms with van der Waals surface area (Å²) >= 11 is 4.46. The number of halogens is 4. The highest BCUT2D eigenvalue weighted by Crippen LogP contribution is 2.37. The van der Waals surface area contributed by atoms with Gasteiger partial charge in [-0.25, -0.2) is 9.50 Å². The van der Waals surface area contributed by atoms with Gasteiger partial charge in [0.25, 0.3) is 5.91 Å². The fourth-order valence-corrected chi connectivity index (χ4v) is 4.26. The van der Waals surface area contributed by atoms with Crippen LogP contribution < -0.4 is 14.8 Å². The van der Waals surface area contributed by atoms with Gasteiger partial charge in [0.2, 0.25) is 6.79 Å². The lowest BCUT2D eigenvalue weighted by Gasteiger charge is -2.10. The molecule has 1 aromatic carbocycles. The standard InChI is InChI=1S/C19H10BrF3N4O3S/c20-15-16(18(28)24-9-3-4-11-12(6-9)30-8-29-11)26-27-14(19(21,22)23)7-10(25-17(15)27)13-2-1-5-31-13/h1-7H,8H2,(H,24,28). The lowest BCUT2D eigenvalue weighted by Crippen LogP contribution is -2.15. The van der Waals surface area contributed by atoms with E-state index < -0.39 is 17.8 Å². The van der Waals surface area contributed by atoms with E-state index in [1.54, 1.807) is 35.7 Å². The predicted octanol–water partition coefficient (Wildman–Crippen LogP) is 5.22. The van der Waals surface area contributed by atoms with Gasteiger partial charge in [-0.3, -0.25) is 4.79 Å². The molecule has 0 bridgehead atoms. The van der Waals surface area contributed by atoms with Gasteiger partial charge in [-0.15, -0.1) is 11.3 Å². The van der Waals surface area contributed by atoms with Crippen LogP contribution in [0.15, 0.2) is 46.3 Å². The molecule has 7 nitrogen and oxygen atoms in total. The molecule has 31 heavy (non-hydrogen) atoms. The van der Waals surface area contributed by atoms with E-state index in [4.69, 9.17) is 9.47 Å². The van der Waals surface area contributed by atoms with Crippen molar-refractivity contribution < 1.29 is 27.4 Å². The third-order valence-corrected chi connectivity index (χ3v) is 6.06. The minimum Gasteiger partial charge on any atom is -0.454 e. The first-order chi connectivity index (χ1) is 14.8. The molecule has 1 aliphatic rings. The number of fused-ring (bicyclic) bond motifs is 2. The number of amides is 1. The molecule has 158 valence electrons. The van der Waals surface area contributed by atoms with Crippen LogP contribution in [0, 0.1) is 0 Å². The second-order valence-electron chi connectivity index (χ2n) is 6.42. The Labute approximate surface area is 184 Å². The van der Waals surface area contributed by atoms with Crippen molar-refractivity contribution in [3.63, 3.8) is 0 Å². The summed E-state index contributed by atoms with van der Waals surface area (Å²) in [6, 6.07) is 9.06. The molecule has 1 amide bonds. The molecular weight excluding hydrogens is 501 g/mol. The van der Waals surface area contributed by atoms with Gasteiger partial charge in [-0.05, 0) is 45.6 Å². The first kappa shape index (κ1) is 19.8. The van der Waals surface area contributed by atoms with E-state index in [0.29, 0.717) is 26.6 Å². The van der Waals surface area contributed by atoms with Gasteiger partial charge in [-0.1, -0.05) is 6.07 Å². The van der Waals surface area contributed by atoms with Crippen molar-refractivity contribution in [1.82, 2.24) is 14.6 Å². The van der Waals surface area contributed by atoms with E-state index in [9.17, 15) is 18.0 Å². The summed E-state index contributed by atoms with van der Waals surface area (Å²) in [7, 11) is 0. The number of thiophene rings is 1. The molecule has 1 N–H and O–H groups in total. The number of rotatable bonds is 3. The Bertz CT molecular complexity index is 1320. The first-order valence-corrected chi connectivity index (χ1v) is 10.4. The van der Waals surface area contributed by atoms with Gasteiger partial charge < -0.3 is 14.8 Å². The van der Waals surface area contributed by atoms with Crippen LogP contribution >= 0.6 is 27.3 Å². The Kier molecular flexibility index (Phi) is 4.63. The number of carbonyl (C=O) groups is 1. The minimum atomic E-state index is -4.70. The van der Waals surface area contributed by atoms with Gasteiger partial charge in [0.1, 0.15) is 0 Å². The molecule has 5 rings (SSSR count). The smallest absolute Gasteiger partial charge is 0.433 e. The summed E-state index contributed by atoms with van der Waals surface area (Å²) in [6.45, 7) is 0.0726. The molecule has 12 heteroatoms. The number of hydrogen-bond acceptors (Lipinski definition) is 6. The quantitative estimate of drug-likeness (QED) is 0.408. The fraction of sp³-hybridized carbons (Fsp3) is 0.105. The number of hydrogen-bond donors (Lipinski definition) is 1. The summed E-state index contributed by atoms with van der Waals surface area (Å²) in [6.07, 6.45) is -4.70. The number of carbonyl (C=O) groups excluding carboxylic acids is 1. The number of ether oxygens (including phenoxy) is 2. The first-order valence-electron chi connectivity index (χ1n) is 8.72. The summed E-state index contributed by atoms with van der Waals surface area (Å²) in [5.41, 5.74) is -0.878. The molecule has 0 unspecified atom stereocenters. The van der Waals surface area contributed by atoms with Crippen molar-refractivity contribution >= 4 is 44.5 Å². The van der Waals surface area contributed by atoms with Crippen LogP contribution in [0.5, 0.6) is 11.5 Å². The summed E-state index contributed by atoms with van der Waals surface area (Å²) in [5, 5.41) is 8.24. The zero-order chi connectivity index (χ0) is 21.8. The molecule has 0 radical (unpaired) electrons. The van der Waals surface area contributed by atoms with Crippen LogP contribution in [-0.4, -0.2) is 27.3 Å². The molecule has 0 fully saturated rings. The van der Waals surface area contributed by atoms with Crippen LogP contribution in [0.1, 0.15) is 16.2 Å². The third-order valence-electron chi connectivity index (χ3n) is 4.44. The Morgan fingerprint density at radius 1 is 1.19 bits per heavy atom. The van der Waals surface area contributed by atoms with Crippen molar-refractivity contribution in [2.75, 3.05) is 12.1 Å². The number of nitrogens with zero attached hydrogens (tertiary/aromatic N) is 3. The van der Waals surface area contributed by atoms with Gasteiger partial charge in [0.15, 0.2) is 28.5 Å². The highest BCUT2D eigenvalue weighted by molar-refractivity contribution is 9.10. The van der Waals surface area contributed by atoms with Crippen LogP contribution in [0.25, 0.3) is 16.2 Å². The van der Waals surface area contributed by atoms with E-state index in [0.717, 1.165) is 6.07 Å². The molecule has 3 aromatic heterocycles. The van der Waals surface area contributed by atoms with E-state index in [1.165, 1.54) is 11.3 Å². The lowest BCUT2D eigenvalue weighted by molar-refractivity contribution is -0.142. The maximum absolute atomic E-state index is 13.7. The monoisotopic (exact) mass is 510 g/mol. The summed E-state index contributed by atoms with van der Waals surface area (Å²) in [5.74, 6) is 0.280. The second-order valence-corrected chi connectivity index (χ2v) is 8.16. The van der Waals surface area contributed by atoms with Gasteiger partial charge >= 0.3 is 6.18 Å². The van der Waals surface area contributed by atoms with E-state index in [-0.39, 0.29) is 28.3 Å². The average Bonchev–Trinajstić information content (AvgIpc) is 3.46. The zero-order valence-electron chi connectivity index (χ0n) is 15.2. The number of anilines is 1. The highest BCUT2D eigenvalue weighted by Gasteiger charge is 2.36. The molecule has 0 saturated carbocycles. The maximum Gasteiger partial charge on any atom is 0.433 e. The Morgan fingerprint density at radius 2 is 2.00 bits per heavy atom. The average molecular weight is 511 g/mol. The molecule has 4 heterocycles. The number of alkyl halides is 3. The second kappa shape index (κ2) is 7.24. The van der Waals surface area contributed by atoms with Gasteiger partial charge in [0, 0.05) is 11.8 Å². The van der Waals surface area contributed by atoms with Crippen LogP contribution in [0.2, 0.25) is 0 Å². The summed E-state index contributed by atoms with van der Waals surface area (Å²) < 4.78 is 52.3. The SMILES string of the molecule is O=C(Nc1ccc2c(c1)OCO2)c1nn2c(C(F)(F)F)cc(-c3cccs3)nc2c1Br. The van der Waals surface area contributed by atoms with E-state index in [1.807, 2.05) is 0 Å². The predicted molar refractivity (Wildman–Crippen MR) is 110 cm³/mol. The van der Waals surface area contributed by atoms with Crippen LogP contribution in [0.4, 0.5) is 18.9 Å². The van der Waals surface area contributed by atoms with Crippen LogP contribution in [-0.2, 0) is 6.18 Å². The van der Waals surface area contributed by atoms with E-state index in [2.05, 4.69) is 31.3 Å². The molecule has 4 aromatic rings. The molecule has 1 aliphatic heterocycles. The van der Waals surface area contributed by atoms with Crippen LogP contribution in [0.3, 0.4) is 0 Å². The lowest BCUT2D eigenvalue weighted by atomic mass is 10.2. The van der Waals surface area contributed by atoms with Gasteiger partial charge in [-0.2, -0.15) is 18.3 Å².